The molecule has 3 N–H and O–H groups in total. The molecule has 7 heteroatoms. The van der Waals surface area contributed by atoms with Crippen LogP contribution >= 0.6 is 11.6 Å². The van der Waals surface area contributed by atoms with Crippen LogP contribution in [0.25, 0.3) is 17.1 Å². The molecule has 2 heterocycles. The molecule has 0 spiro atoms. The summed E-state index contributed by atoms with van der Waals surface area (Å²) in [7, 11) is 1.86. The van der Waals surface area contributed by atoms with Crippen molar-refractivity contribution in [1.82, 2.24) is 25.1 Å². The number of aromatic nitrogens is 4. The average Bonchev–Trinajstić information content (AvgIpc) is 2.87. The first-order chi connectivity index (χ1) is 11.5. The summed E-state index contributed by atoms with van der Waals surface area (Å²) in [6.07, 6.45) is 0. The normalized spacial score (nSPS) is 11.0. The standard InChI is InChI=1S/C17H19ClN6/c1-10-8-11(2)24(23-10)17-16(19)21-14(9-20-3)15(22-17)12-4-6-13(18)7-5-12/h4-8,20H,9H2,1-3H3,(H2,19,21). The number of hydrogen-bond donors (Lipinski definition) is 2. The molecule has 124 valence electrons. The van der Waals surface area contributed by atoms with Gasteiger partial charge in [0.05, 0.1) is 17.1 Å². The van der Waals surface area contributed by atoms with E-state index >= 15 is 0 Å². The predicted octanol–water partition coefficient (Wildman–Crippen LogP) is 2.90. The average molecular weight is 343 g/mol. The number of nitrogen functional groups attached to an aromatic ring is 1. The van der Waals surface area contributed by atoms with E-state index in [0.717, 1.165) is 28.3 Å². The van der Waals surface area contributed by atoms with Crippen molar-refractivity contribution >= 4 is 17.4 Å². The molecule has 24 heavy (non-hydrogen) atoms. The van der Waals surface area contributed by atoms with Crippen LogP contribution in [0.5, 0.6) is 0 Å². The molecule has 1 aromatic carbocycles. The van der Waals surface area contributed by atoms with Gasteiger partial charge in [0.15, 0.2) is 11.6 Å². The molecular formula is C17H19ClN6. The zero-order chi connectivity index (χ0) is 17.3. The number of halogens is 1. The van der Waals surface area contributed by atoms with Gasteiger partial charge in [0.2, 0.25) is 0 Å². The maximum Gasteiger partial charge on any atom is 0.197 e. The minimum absolute atomic E-state index is 0.351. The maximum atomic E-state index is 6.15. The fourth-order valence-electron chi connectivity index (χ4n) is 2.60. The second-order valence-corrected chi connectivity index (χ2v) is 6.04. The third kappa shape index (κ3) is 3.11. The van der Waals surface area contributed by atoms with E-state index in [9.17, 15) is 0 Å². The number of rotatable bonds is 4. The molecule has 0 bridgehead atoms. The Hall–Kier alpha value is -2.44. The van der Waals surface area contributed by atoms with Crippen LogP contribution in [0.4, 0.5) is 5.82 Å². The van der Waals surface area contributed by atoms with Crippen molar-refractivity contribution in [3.05, 3.63) is 52.4 Å². The number of anilines is 1. The summed E-state index contributed by atoms with van der Waals surface area (Å²) in [6.45, 7) is 4.46. The summed E-state index contributed by atoms with van der Waals surface area (Å²) >= 11 is 5.99. The van der Waals surface area contributed by atoms with Crippen LogP contribution in [0.15, 0.2) is 30.3 Å². The van der Waals surface area contributed by atoms with Gasteiger partial charge < -0.3 is 11.1 Å². The summed E-state index contributed by atoms with van der Waals surface area (Å²) in [6, 6.07) is 9.49. The largest absolute Gasteiger partial charge is 0.381 e. The lowest BCUT2D eigenvalue weighted by Gasteiger charge is -2.13. The van der Waals surface area contributed by atoms with Crippen molar-refractivity contribution in [1.29, 1.82) is 0 Å². The molecule has 0 saturated carbocycles. The number of hydrogen-bond acceptors (Lipinski definition) is 5. The maximum absolute atomic E-state index is 6.15. The first kappa shape index (κ1) is 16.4. The molecule has 0 amide bonds. The SMILES string of the molecule is CNCc1nc(N)c(-n2nc(C)cc2C)nc1-c1ccc(Cl)cc1. The molecule has 0 fully saturated rings. The van der Waals surface area contributed by atoms with Gasteiger partial charge in [-0.3, -0.25) is 0 Å². The van der Waals surface area contributed by atoms with Gasteiger partial charge in [-0.2, -0.15) is 5.10 Å². The molecule has 2 aromatic heterocycles. The van der Waals surface area contributed by atoms with Crippen molar-refractivity contribution in [2.24, 2.45) is 0 Å². The first-order valence-electron chi connectivity index (χ1n) is 7.60. The van der Waals surface area contributed by atoms with Gasteiger partial charge in [-0.1, -0.05) is 23.7 Å². The number of aryl methyl sites for hydroxylation is 2. The Morgan fingerprint density at radius 3 is 2.46 bits per heavy atom. The lowest BCUT2D eigenvalue weighted by Crippen LogP contribution is -2.15. The molecule has 0 atom stereocenters. The van der Waals surface area contributed by atoms with Crippen molar-refractivity contribution < 1.29 is 0 Å². The van der Waals surface area contributed by atoms with Crippen LogP contribution in [-0.2, 0) is 6.54 Å². The molecule has 0 saturated heterocycles. The van der Waals surface area contributed by atoms with Crippen LogP contribution in [0.2, 0.25) is 5.02 Å². The summed E-state index contributed by atoms with van der Waals surface area (Å²) in [5.41, 5.74) is 10.5. The summed E-state index contributed by atoms with van der Waals surface area (Å²) in [4.78, 5) is 9.31. The number of nitrogens with zero attached hydrogens (tertiary/aromatic N) is 4. The second-order valence-electron chi connectivity index (χ2n) is 5.60. The first-order valence-corrected chi connectivity index (χ1v) is 7.98. The van der Waals surface area contributed by atoms with Crippen molar-refractivity contribution in [3.8, 4) is 17.1 Å². The quantitative estimate of drug-likeness (QED) is 0.761. The summed E-state index contributed by atoms with van der Waals surface area (Å²) in [5, 5.41) is 8.24. The minimum Gasteiger partial charge on any atom is -0.381 e. The lowest BCUT2D eigenvalue weighted by molar-refractivity contribution is 0.768. The van der Waals surface area contributed by atoms with Crippen LogP contribution in [-0.4, -0.2) is 26.8 Å². The number of benzene rings is 1. The molecule has 0 aliphatic carbocycles. The van der Waals surface area contributed by atoms with Gasteiger partial charge in [-0.15, -0.1) is 0 Å². The van der Waals surface area contributed by atoms with Gasteiger partial charge in [-0.25, -0.2) is 14.6 Å². The Labute approximate surface area is 145 Å². The third-order valence-electron chi connectivity index (χ3n) is 3.65. The minimum atomic E-state index is 0.351. The highest BCUT2D eigenvalue weighted by atomic mass is 35.5. The van der Waals surface area contributed by atoms with Gasteiger partial charge in [0.25, 0.3) is 0 Å². The van der Waals surface area contributed by atoms with E-state index in [1.165, 1.54) is 0 Å². The van der Waals surface area contributed by atoms with E-state index < -0.39 is 0 Å². The molecule has 0 aliphatic heterocycles. The lowest BCUT2D eigenvalue weighted by atomic mass is 10.1. The highest BCUT2D eigenvalue weighted by Crippen LogP contribution is 2.26. The Morgan fingerprint density at radius 1 is 1.17 bits per heavy atom. The molecule has 0 radical (unpaired) electrons. The van der Waals surface area contributed by atoms with Gasteiger partial charge >= 0.3 is 0 Å². The van der Waals surface area contributed by atoms with Crippen LogP contribution in [0.1, 0.15) is 17.1 Å². The van der Waals surface area contributed by atoms with E-state index in [0.29, 0.717) is 23.2 Å². The molecule has 6 nitrogen and oxygen atoms in total. The highest BCUT2D eigenvalue weighted by Gasteiger charge is 2.16. The summed E-state index contributed by atoms with van der Waals surface area (Å²) in [5.74, 6) is 0.884. The predicted molar refractivity (Wildman–Crippen MR) is 96.3 cm³/mol. The fraction of sp³-hybridized carbons (Fsp3) is 0.235. The van der Waals surface area contributed by atoms with Crippen LogP contribution in [0, 0.1) is 13.8 Å². The van der Waals surface area contributed by atoms with E-state index in [2.05, 4.69) is 15.4 Å². The Balaban J connectivity index is 2.20. The monoisotopic (exact) mass is 342 g/mol. The smallest absolute Gasteiger partial charge is 0.197 e. The van der Waals surface area contributed by atoms with Crippen molar-refractivity contribution in [2.75, 3.05) is 12.8 Å². The molecule has 3 aromatic rings. The molecule has 0 unspecified atom stereocenters. The van der Waals surface area contributed by atoms with E-state index in [4.69, 9.17) is 22.3 Å². The van der Waals surface area contributed by atoms with E-state index in [-0.39, 0.29) is 0 Å². The zero-order valence-electron chi connectivity index (χ0n) is 13.8. The second kappa shape index (κ2) is 6.59. The topological polar surface area (TPSA) is 81.6 Å². The van der Waals surface area contributed by atoms with E-state index in [1.807, 2.05) is 51.2 Å². The Morgan fingerprint density at radius 2 is 1.88 bits per heavy atom. The van der Waals surface area contributed by atoms with Gasteiger partial charge in [-0.05, 0) is 39.1 Å². The van der Waals surface area contributed by atoms with Gasteiger partial charge in [0, 0.05) is 22.8 Å². The van der Waals surface area contributed by atoms with Crippen molar-refractivity contribution in [3.63, 3.8) is 0 Å². The highest BCUT2D eigenvalue weighted by molar-refractivity contribution is 6.30. The van der Waals surface area contributed by atoms with Gasteiger partial charge in [0.1, 0.15) is 0 Å². The Bertz CT molecular complexity index is 870. The zero-order valence-corrected chi connectivity index (χ0v) is 14.6. The third-order valence-corrected chi connectivity index (χ3v) is 3.90. The Kier molecular flexibility index (Phi) is 4.51. The molecule has 0 aliphatic rings. The van der Waals surface area contributed by atoms with Crippen LogP contribution in [0.3, 0.4) is 0 Å². The number of nitrogens with one attached hydrogen (secondary N) is 1. The van der Waals surface area contributed by atoms with Crippen molar-refractivity contribution in [2.45, 2.75) is 20.4 Å². The fourth-order valence-corrected chi connectivity index (χ4v) is 2.73. The number of nitrogens with two attached hydrogens (primary N) is 1. The summed E-state index contributed by atoms with van der Waals surface area (Å²) < 4.78 is 1.72. The molecule has 3 rings (SSSR count). The molecular weight excluding hydrogens is 324 g/mol. The van der Waals surface area contributed by atoms with E-state index in [1.54, 1.807) is 4.68 Å². The van der Waals surface area contributed by atoms with Crippen LogP contribution < -0.4 is 11.1 Å².